The van der Waals surface area contributed by atoms with Crippen molar-refractivity contribution in [3.63, 3.8) is 0 Å². The summed E-state index contributed by atoms with van der Waals surface area (Å²) in [5, 5.41) is 0. The molecule has 0 N–H and O–H groups in total. The van der Waals surface area contributed by atoms with Crippen LogP contribution in [0.1, 0.15) is 6.92 Å². The largest absolute Gasteiger partial charge is 0.113 e. The van der Waals surface area contributed by atoms with E-state index in [4.69, 9.17) is 23.2 Å². The van der Waals surface area contributed by atoms with E-state index in [-0.39, 0.29) is 0 Å². The SMILES string of the molecule is CCS/C(Cl)=C/Cl. The second-order valence-electron chi connectivity index (χ2n) is 0.846. The van der Waals surface area contributed by atoms with Crippen molar-refractivity contribution in [2.24, 2.45) is 0 Å². The van der Waals surface area contributed by atoms with Crippen molar-refractivity contribution in [1.29, 1.82) is 0 Å². The molecule has 0 heterocycles. The Bertz CT molecular complexity index is 70.1. The molecule has 0 aliphatic heterocycles. The molecule has 0 unspecified atom stereocenters. The smallest absolute Gasteiger partial charge is 0.0847 e. The maximum absolute atomic E-state index is 5.46. The van der Waals surface area contributed by atoms with Gasteiger partial charge in [-0.3, -0.25) is 0 Å². The molecule has 0 rings (SSSR count). The van der Waals surface area contributed by atoms with Gasteiger partial charge in [0.1, 0.15) is 0 Å². The first-order valence-corrected chi connectivity index (χ1v) is 3.70. The molecule has 7 heavy (non-hydrogen) atoms. The van der Waals surface area contributed by atoms with Gasteiger partial charge in [0.15, 0.2) is 0 Å². The molecule has 0 aliphatic carbocycles. The van der Waals surface area contributed by atoms with E-state index in [0.29, 0.717) is 4.36 Å². The van der Waals surface area contributed by atoms with Gasteiger partial charge in [-0.05, 0) is 5.75 Å². The quantitative estimate of drug-likeness (QED) is 0.593. The van der Waals surface area contributed by atoms with E-state index in [1.165, 1.54) is 17.3 Å². The van der Waals surface area contributed by atoms with Crippen LogP contribution in [0.5, 0.6) is 0 Å². The van der Waals surface area contributed by atoms with Crippen molar-refractivity contribution in [1.82, 2.24) is 0 Å². The third-order valence-electron chi connectivity index (χ3n) is 0.368. The van der Waals surface area contributed by atoms with Gasteiger partial charge in [-0.25, -0.2) is 0 Å². The molecular formula is C4H6Cl2S. The van der Waals surface area contributed by atoms with Gasteiger partial charge in [-0.1, -0.05) is 30.1 Å². The van der Waals surface area contributed by atoms with Gasteiger partial charge in [0.25, 0.3) is 0 Å². The molecule has 0 aliphatic rings. The van der Waals surface area contributed by atoms with Crippen molar-refractivity contribution < 1.29 is 0 Å². The van der Waals surface area contributed by atoms with Crippen molar-refractivity contribution in [3.8, 4) is 0 Å². The Hall–Kier alpha value is 0.670. The standard InChI is InChI=1S/C4H6Cl2S/c1-2-7-4(6)3-5/h3H,2H2,1H3/b4-3+. The summed E-state index contributed by atoms with van der Waals surface area (Å²) in [6, 6.07) is 0. The summed E-state index contributed by atoms with van der Waals surface area (Å²) in [7, 11) is 0. The van der Waals surface area contributed by atoms with Crippen LogP contribution in [0, 0.1) is 0 Å². The van der Waals surface area contributed by atoms with E-state index in [1.54, 1.807) is 0 Å². The topological polar surface area (TPSA) is 0 Å². The molecule has 0 saturated heterocycles. The number of hydrogen-bond donors (Lipinski definition) is 0. The highest BCUT2D eigenvalue weighted by molar-refractivity contribution is 8.04. The van der Waals surface area contributed by atoms with Gasteiger partial charge in [0.2, 0.25) is 0 Å². The summed E-state index contributed by atoms with van der Waals surface area (Å²) in [5.74, 6) is 0.974. The van der Waals surface area contributed by atoms with Crippen molar-refractivity contribution in [2.45, 2.75) is 6.92 Å². The molecule has 42 valence electrons. The Morgan fingerprint density at radius 3 is 2.57 bits per heavy atom. The number of hydrogen-bond acceptors (Lipinski definition) is 1. The molecule has 0 bridgehead atoms. The Morgan fingerprint density at radius 1 is 1.86 bits per heavy atom. The molecule has 0 radical (unpaired) electrons. The predicted molar refractivity (Wildman–Crippen MR) is 37.9 cm³/mol. The van der Waals surface area contributed by atoms with Crippen LogP contribution in [0.25, 0.3) is 0 Å². The lowest BCUT2D eigenvalue weighted by Gasteiger charge is -1.86. The molecule has 0 fully saturated rings. The maximum Gasteiger partial charge on any atom is 0.0847 e. The van der Waals surface area contributed by atoms with Gasteiger partial charge in [-0.2, -0.15) is 0 Å². The fraction of sp³-hybridized carbons (Fsp3) is 0.500. The van der Waals surface area contributed by atoms with E-state index >= 15 is 0 Å². The first kappa shape index (κ1) is 7.67. The average molecular weight is 157 g/mol. The zero-order chi connectivity index (χ0) is 5.70. The molecule has 0 aromatic rings. The minimum absolute atomic E-state index is 0.657. The van der Waals surface area contributed by atoms with E-state index in [9.17, 15) is 0 Å². The molecule has 0 atom stereocenters. The second-order valence-corrected chi connectivity index (χ2v) is 3.00. The predicted octanol–water partition coefficient (Wildman–Crippen LogP) is 3.02. The fourth-order valence-corrected chi connectivity index (χ4v) is 1.02. The maximum atomic E-state index is 5.46. The van der Waals surface area contributed by atoms with E-state index in [2.05, 4.69) is 0 Å². The van der Waals surface area contributed by atoms with Gasteiger partial charge in [0, 0.05) is 5.54 Å². The summed E-state index contributed by atoms with van der Waals surface area (Å²) in [4.78, 5) is 0. The van der Waals surface area contributed by atoms with Crippen LogP contribution in [-0.4, -0.2) is 5.75 Å². The minimum atomic E-state index is 0.657. The van der Waals surface area contributed by atoms with Crippen LogP contribution in [0.2, 0.25) is 0 Å². The van der Waals surface area contributed by atoms with Crippen LogP contribution in [0.3, 0.4) is 0 Å². The Kier molecular flexibility index (Phi) is 5.28. The molecule has 0 amide bonds. The fourth-order valence-electron chi connectivity index (χ4n) is 0.169. The lowest BCUT2D eigenvalue weighted by Crippen LogP contribution is -1.61. The van der Waals surface area contributed by atoms with Gasteiger partial charge in [-0.15, -0.1) is 11.8 Å². The zero-order valence-electron chi connectivity index (χ0n) is 3.95. The van der Waals surface area contributed by atoms with Crippen LogP contribution < -0.4 is 0 Å². The third kappa shape index (κ3) is 4.52. The molecular weight excluding hydrogens is 151 g/mol. The summed E-state index contributed by atoms with van der Waals surface area (Å²) >= 11 is 12.2. The molecule has 0 aromatic carbocycles. The second kappa shape index (κ2) is 4.82. The number of halogens is 2. The summed E-state index contributed by atoms with van der Waals surface area (Å²) in [6.07, 6.45) is 0. The molecule has 3 heteroatoms. The highest BCUT2D eigenvalue weighted by Gasteiger charge is 1.84. The molecule has 0 aromatic heterocycles. The van der Waals surface area contributed by atoms with E-state index < -0.39 is 0 Å². The molecule has 0 nitrogen and oxygen atoms in total. The van der Waals surface area contributed by atoms with Crippen molar-refractivity contribution in [2.75, 3.05) is 5.75 Å². The number of rotatable bonds is 2. The normalized spacial score (nSPS) is 12.1. The van der Waals surface area contributed by atoms with Crippen LogP contribution in [-0.2, 0) is 0 Å². The van der Waals surface area contributed by atoms with Gasteiger partial charge < -0.3 is 0 Å². The monoisotopic (exact) mass is 156 g/mol. The molecule has 0 saturated carbocycles. The van der Waals surface area contributed by atoms with E-state index in [0.717, 1.165) is 5.75 Å². The van der Waals surface area contributed by atoms with Crippen LogP contribution >= 0.6 is 35.0 Å². The van der Waals surface area contributed by atoms with Gasteiger partial charge in [0.05, 0.1) is 4.36 Å². The average Bonchev–Trinajstić information content (AvgIpc) is 1.68. The first-order chi connectivity index (χ1) is 3.31. The highest BCUT2D eigenvalue weighted by Crippen LogP contribution is 2.19. The first-order valence-electron chi connectivity index (χ1n) is 1.90. The Morgan fingerprint density at radius 2 is 2.43 bits per heavy atom. The number of thioether (sulfide) groups is 1. The summed E-state index contributed by atoms with van der Waals surface area (Å²) in [6.45, 7) is 2.02. The third-order valence-corrected chi connectivity index (χ3v) is 1.95. The minimum Gasteiger partial charge on any atom is -0.113 e. The molecule has 0 spiro atoms. The van der Waals surface area contributed by atoms with Crippen LogP contribution in [0.4, 0.5) is 0 Å². The van der Waals surface area contributed by atoms with E-state index in [1.807, 2.05) is 6.92 Å². The lowest BCUT2D eigenvalue weighted by atomic mass is 11.0. The lowest BCUT2D eigenvalue weighted by molar-refractivity contribution is 1.53. The van der Waals surface area contributed by atoms with Crippen molar-refractivity contribution in [3.05, 3.63) is 9.90 Å². The van der Waals surface area contributed by atoms with Crippen LogP contribution in [0.15, 0.2) is 9.90 Å². The Labute approximate surface area is 57.9 Å². The van der Waals surface area contributed by atoms with Crippen molar-refractivity contribution >= 4 is 35.0 Å². The summed E-state index contributed by atoms with van der Waals surface area (Å²) in [5.41, 5.74) is 1.37. The highest BCUT2D eigenvalue weighted by atomic mass is 35.5. The zero-order valence-corrected chi connectivity index (χ0v) is 6.28. The summed E-state index contributed by atoms with van der Waals surface area (Å²) < 4.78 is 0.657. The van der Waals surface area contributed by atoms with Gasteiger partial charge >= 0.3 is 0 Å². The Balaban J connectivity index is 3.17.